The highest BCUT2D eigenvalue weighted by atomic mass is 35.5. The maximum absolute atomic E-state index is 14.4. The number of aromatic nitrogens is 4. The monoisotopic (exact) mass is 416 g/mol. The molecule has 3 heterocycles. The highest BCUT2D eigenvalue weighted by Crippen LogP contribution is 2.34. The molecule has 5 aromatic rings. The van der Waals surface area contributed by atoms with E-state index >= 15 is 0 Å². The van der Waals surface area contributed by atoms with Crippen molar-refractivity contribution in [3.05, 3.63) is 83.9 Å². The van der Waals surface area contributed by atoms with Gasteiger partial charge in [0, 0.05) is 41.0 Å². The van der Waals surface area contributed by atoms with E-state index < -0.39 is 0 Å². The van der Waals surface area contributed by atoms with E-state index in [1.54, 1.807) is 18.3 Å². The Morgan fingerprint density at radius 3 is 2.70 bits per heavy atom. The van der Waals surface area contributed by atoms with Gasteiger partial charge in [-0.05, 0) is 55.5 Å². The molecule has 5 rings (SSSR count). The molecule has 148 valence electrons. The van der Waals surface area contributed by atoms with E-state index in [4.69, 9.17) is 16.7 Å². The molecule has 6 heteroatoms. The largest absolute Gasteiger partial charge is 0.354 e. The highest BCUT2D eigenvalue weighted by Gasteiger charge is 2.15. The molecular weight excluding hydrogens is 399 g/mol. The van der Waals surface area contributed by atoms with Crippen LogP contribution in [0.2, 0.25) is 5.02 Å². The van der Waals surface area contributed by atoms with Crippen LogP contribution in [-0.4, -0.2) is 19.7 Å². The van der Waals surface area contributed by atoms with E-state index in [2.05, 4.69) is 29.0 Å². The molecule has 1 N–H and O–H groups in total. The van der Waals surface area contributed by atoms with Crippen LogP contribution in [0.25, 0.3) is 44.7 Å². The summed E-state index contributed by atoms with van der Waals surface area (Å²) in [7, 11) is 0. The first kappa shape index (κ1) is 18.6. The summed E-state index contributed by atoms with van der Waals surface area (Å²) in [4.78, 5) is 7.47. The zero-order valence-electron chi connectivity index (χ0n) is 16.2. The molecule has 2 aromatic carbocycles. The van der Waals surface area contributed by atoms with Crippen molar-refractivity contribution in [2.75, 3.05) is 0 Å². The summed E-state index contributed by atoms with van der Waals surface area (Å²) in [5.74, 6) is -0.348. The molecule has 0 radical (unpaired) electrons. The summed E-state index contributed by atoms with van der Waals surface area (Å²) in [6.45, 7) is 2.81. The lowest BCUT2D eigenvalue weighted by Crippen LogP contribution is -1.99. The summed E-state index contributed by atoms with van der Waals surface area (Å²) < 4.78 is 16.3. The molecule has 0 fully saturated rings. The summed E-state index contributed by atoms with van der Waals surface area (Å²) in [5, 5.41) is 6.09. The maximum Gasteiger partial charge on any atom is 0.134 e. The quantitative estimate of drug-likeness (QED) is 0.360. The lowest BCUT2D eigenvalue weighted by Gasteiger charge is -2.04. The first-order valence-corrected chi connectivity index (χ1v) is 10.1. The van der Waals surface area contributed by atoms with E-state index in [9.17, 15) is 4.39 Å². The van der Waals surface area contributed by atoms with Crippen LogP contribution in [0, 0.1) is 5.82 Å². The minimum absolute atomic E-state index is 0.348. The molecule has 0 amide bonds. The van der Waals surface area contributed by atoms with Crippen molar-refractivity contribution in [2.24, 2.45) is 0 Å². The van der Waals surface area contributed by atoms with Gasteiger partial charge in [-0.3, -0.25) is 9.67 Å². The SMILES string of the molecule is CCn1nc(-c2cccnc2)cc1-c1ccc2[nH]c(-c3c(F)cccc3Cl)cc2c1. The van der Waals surface area contributed by atoms with E-state index in [-0.39, 0.29) is 5.82 Å². The minimum Gasteiger partial charge on any atom is -0.354 e. The number of benzene rings is 2. The molecule has 0 aliphatic carbocycles. The van der Waals surface area contributed by atoms with Crippen LogP contribution in [0.3, 0.4) is 0 Å². The van der Waals surface area contributed by atoms with Crippen LogP contribution < -0.4 is 0 Å². The van der Waals surface area contributed by atoms with E-state index in [0.29, 0.717) is 16.3 Å². The molecule has 0 unspecified atom stereocenters. The summed E-state index contributed by atoms with van der Waals surface area (Å²) >= 11 is 6.24. The van der Waals surface area contributed by atoms with Crippen molar-refractivity contribution in [3.63, 3.8) is 0 Å². The van der Waals surface area contributed by atoms with Gasteiger partial charge in [-0.1, -0.05) is 23.7 Å². The fourth-order valence-electron chi connectivity index (χ4n) is 3.73. The van der Waals surface area contributed by atoms with Gasteiger partial charge in [0.05, 0.1) is 27.7 Å². The molecule has 3 aromatic heterocycles. The van der Waals surface area contributed by atoms with E-state index in [1.165, 1.54) is 6.07 Å². The van der Waals surface area contributed by atoms with Gasteiger partial charge in [-0.15, -0.1) is 0 Å². The Bertz CT molecular complexity index is 1330. The molecule has 0 bridgehead atoms. The third kappa shape index (κ3) is 3.17. The number of hydrogen-bond acceptors (Lipinski definition) is 2. The number of H-pyrrole nitrogens is 1. The van der Waals surface area contributed by atoms with Crippen LogP contribution in [-0.2, 0) is 6.54 Å². The summed E-state index contributed by atoms with van der Waals surface area (Å²) in [5.41, 5.74) is 5.88. The first-order valence-electron chi connectivity index (χ1n) is 9.70. The lowest BCUT2D eigenvalue weighted by molar-refractivity contribution is 0.631. The Morgan fingerprint density at radius 1 is 1.03 bits per heavy atom. The van der Waals surface area contributed by atoms with Gasteiger partial charge in [0.25, 0.3) is 0 Å². The number of nitrogens with one attached hydrogen (secondary N) is 1. The zero-order chi connectivity index (χ0) is 20.7. The lowest BCUT2D eigenvalue weighted by atomic mass is 10.1. The molecule has 30 heavy (non-hydrogen) atoms. The summed E-state index contributed by atoms with van der Waals surface area (Å²) in [6.07, 6.45) is 3.56. The predicted molar refractivity (Wildman–Crippen MR) is 119 cm³/mol. The van der Waals surface area contributed by atoms with Gasteiger partial charge in [0.1, 0.15) is 5.82 Å². The average Bonchev–Trinajstić information content (AvgIpc) is 3.38. The molecular formula is C24H18ClFN4. The van der Waals surface area contributed by atoms with E-state index in [0.717, 1.165) is 40.0 Å². The minimum atomic E-state index is -0.348. The molecule has 4 nitrogen and oxygen atoms in total. The zero-order valence-corrected chi connectivity index (χ0v) is 17.0. The van der Waals surface area contributed by atoms with Crippen LogP contribution in [0.4, 0.5) is 4.39 Å². The fourth-order valence-corrected chi connectivity index (χ4v) is 3.99. The van der Waals surface area contributed by atoms with Gasteiger partial charge >= 0.3 is 0 Å². The number of hydrogen-bond donors (Lipinski definition) is 1. The second-order valence-electron chi connectivity index (χ2n) is 7.05. The van der Waals surface area contributed by atoms with Crippen molar-refractivity contribution >= 4 is 22.5 Å². The number of aryl methyl sites for hydroxylation is 1. The number of aromatic amines is 1. The topological polar surface area (TPSA) is 46.5 Å². The smallest absolute Gasteiger partial charge is 0.134 e. The number of halogens is 2. The van der Waals surface area contributed by atoms with Crippen molar-refractivity contribution in [3.8, 4) is 33.8 Å². The van der Waals surface area contributed by atoms with E-state index in [1.807, 2.05) is 41.2 Å². The van der Waals surface area contributed by atoms with Gasteiger partial charge in [0.2, 0.25) is 0 Å². The van der Waals surface area contributed by atoms with Crippen molar-refractivity contribution in [2.45, 2.75) is 13.5 Å². The molecule has 0 spiro atoms. The van der Waals surface area contributed by atoms with Gasteiger partial charge in [-0.2, -0.15) is 5.10 Å². The Labute approximate surface area is 178 Å². The average molecular weight is 417 g/mol. The number of pyridine rings is 1. The second-order valence-corrected chi connectivity index (χ2v) is 7.46. The molecule has 0 atom stereocenters. The van der Waals surface area contributed by atoms with Crippen LogP contribution in [0.15, 0.2) is 73.1 Å². The van der Waals surface area contributed by atoms with Gasteiger partial charge in [0.15, 0.2) is 0 Å². The normalized spacial score (nSPS) is 11.3. The molecule has 0 saturated heterocycles. The molecule has 0 saturated carbocycles. The number of nitrogens with zero attached hydrogens (tertiary/aromatic N) is 3. The Balaban J connectivity index is 1.60. The Kier molecular flexibility index (Phi) is 4.60. The standard InChI is InChI=1S/C24H18ClFN4/c1-2-30-23(13-21(29-30)16-5-4-10-27-14-16)15-8-9-20-17(11-15)12-22(28-20)24-18(25)6-3-7-19(24)26/h3-14,28H,2H2,1H3. The molecule has 0 aliphatic heterocycles. The second kappa shape index (κ2) is 7.43. The third-order valence-electron chi connectivity index (χ3n) is 5.19. The molecule has 0 aliphatic rings. The Morgan fingerprint density at radius 2 is 1.93 bits per heavy atom. The highest BCUT2D eigenvalue weighted by molar-refractivity contribution is 6.33. The predicted octanol–water partition coefficient (Wildman–Crippen LogP) is 6.57. The van der Waals surface area contributed by atoms with Crippen molar-refractivity contribution in [1.82, 2.24) is 19.7 Å². The fraction of sp³-hybridized carbons (Fsp3) is 0.0833. The third-order valence-corrected chi connectivity index (χ3v) is 5.50. The van der Waals surface area contributed by atoms with Crippen molar-refractivity contribution < 1.29 is 4.39 Å². The maximum atomic E-state index is 14.4. The van der Waals surface area contributed by atoms with Crippen LogP contribution in [0.1, 0.15) is 6.92 Å². The van der Waals surface area contributed by atoms with Crippen LogP contribution >= 0.6 is 11.6 Å². The van der Waals surface area contributed by atoms with Gasteiger partial charge in [-0.25, -0.2) is 4.39 Å². The summed E-state index contributed by atoms with van der Waals surface area (Å²) in [6, 6.07) is 18.7. The van der Waals surface area contributed by atoms with Gasteiger partial charge < -0.3 is 4.98 Å². The number of fused-ring (bicyclic) bond motifs is 1. The van der Waals surface area contributed by atoms with Crippen LogP contribution in [0.5, 0.6) is 0 Å². The number of rotatable bonds is 4. The van der Waals surface area contributed by atoms with Crippen molar-refractivity contribution in [1.29, 1.82) is 0 Å². The Hall–Kier alpha value is -3.44. The first-order chi connectivity index (χ1) is 14.6.